The summed E-state index contributed by atoms with van der Waals surface area (Å²) in [5, 5.41) is 9.13. The first-order valence-corrected chi connectivity index (χ1v) is 7.32. The predicted molar refractivity (Wildman–Crippen MR) is 74.7 cm³/mol. The number of aromatic carboxylic acids is 1. The second kappa shape index (κ2) is 5.61. The van der Waals surface area contributed by atoms with Crippen molar-refractivity contribution in [1.82, 2.24) is 4.98 Å². The summed E-state index contributed by atoms with van der Waals surface area (Å²) in [7, 11) is 2.00. The van der Waals surface area contributed by atoms with E-state index in [9.17, 15) is 4.79 Å². The Hall–Kier alpha value is -1.23. The Bertz CT molecular complexity index is 445. The minimum atomic E-state index is -0.887. The van der Waals surface area contributed by atoms with E-state index in [1.807, 2.05) is 25.7 Å². The van der Waals surface area contributed by atoms with Gasteiger partial charge in [-0.05, 0) is 30.7 Å². The maximum absolute atomic E-state index is 11.1. The smallest absolute Gasteiger partial charge is 0.335 e. The average Bonchev–Trinajstić information content (AvgIpc) is 2.91. The molecule has 1 aliphatic heterocycles. The van der Waals surface area contributed by atoms with Crippen molar-refractivity contribution in [2.45, 2.75) is 25.8 Å². The minimum absolute atomic E-state index is 0.328. The van der Waals surface area contributed by atoms with Crippen LogP contribution < -0.4 is 4.90 Å². The molecule has 1 atom stereocenters. The number of aromatic nitrogens is 1. The van der Waals surface area contributed by atoms with E-state index in [2.05, 4.69) is 9.88 Å². The van der Waals surface area contributed by atoms with Crippen molar-refractivity contribution in [3.8, 4) is 0 Å². The first-order valence-electron chi connectivity index (χ1n) is 6.16. The molecule has 5 heteroatoms. The second-order valence-corrected chi connectivity index (χ2v) is 5.64. The number of hydrogen-bond acceptors (Lipinski definition) is 4. The topological polar surface area (TPSA) is 53.4 Å². The summed E-state index contributed by atoms with van der Waals surface area (Å²) < 4.78 is 0. The summed E-state index contributed by atoms with van der Waals surface area (Å²) in [4.78, 5) is 17.8. The number of hydrogen-bond donors (Lipinski definition) is 1. The van der Waals surface area contributed by atoms with E-state index < -0.39 is 5.97 Å². The molecule has 0 spiro atoms. The Morgan fingerprint density at radius 3 is 2.94 bits per heavy atom. The van der Waals surface area contributed by atoms with Crippen LogP contribution in [-0.2, 0) is 6.42 Å². The fraction of sp³-hybridized carbons (Fsp3) is 0.538. The summed E-state index contributed by atoms with van der Waals surface area (Å²) in [5.41, 5.74) is 1.16. The van der Waals surface area contributed by atoms with E-state index in [-0.39, 0.29) is 0 Å². The molecule has 0 radical (unpaired) electrons. The van der Waals surface area contributed by atoms with Gasteiger partial charge in [0.25, 0.3) is 0 Å². The molecule has 0 bridgehead atoms. The normalized spacial score (nSPS) is 18.9. The molecule has 1 unspecified atom stereocenters. The third-order valence-electron chi connectivity index (χ3n) is 3.29. The Morgan fingerprint density at radius 1 is 1.61 bits per heavy atom. The molecule has 4 nitrogen and oxygen atoms in total. The van der Waals surface area contributed by atoms with E-state index in [1.165, 1.54) is 5.75 Å². The van der Waals surface area contributed by atoms with E-state index in [4.69, 9.17) is 5.11 Å². The average molecular weight is 266 g/mol. The van der Waals surface area contributed by atoms with Crippen LogP contribution in [0.15, 0.2) is 12.1 Å². The van der Waals surface area contributed by atoms with Gasteiger partial charge in [-0.2, -0.15) is 11.8 Å². The summed E-state index contributed by atoms with van der Waals surface area (Å²) in [6.45, 7) is 1.99. The fourth-order valence-electron chi connectivity index (χ4n) is 2.07. The molecule has 0 amide bonds. The van der Waals surface area contributed by atoms with Gasteiger partial charge in [-0.3, -0.25) is 0 Å². The third-order valence-corrected chi connectivity index (χ3v) is 4.43. The number of aryl methyl sites for hydroxylation is 1. The Balaban J connectivity index is 2.30. The zero-order chi connectivity index (χ0) is 13.1. The lowest BCUT2D eigenvalue weighted by atomic mass is 10.1. The lowest BCUT2D eigenvalue weighted by Crippen LogP contribution is -2.32. The number of rotatable bonds is 4. The van der Waals surface area contributed by atoms with Crippen LogP contribution in [-0.4, -0.2) is 40.7 Å². The Labute approximate surface area is 111 Å². The number of anilines is 1. The zero-order valence-corrected chi connectivity index (χ0v) is 11.5. The molecule has 2 rings (SSSR count). The van der Waals surface area contributed by atoms with Crippen molar-refractivity contribution >= 4 is 23.5 Å². The molecular formula is C13H18N2O2S. The number of carbonyl (C=O) groups is 1. The number of carboxylic acids is 1. The molecular weight excluding hydrogens is 248 g/mol. The van der Waals surface area contributed by atoms with E-state index >= 15 is 0 Å². The summed E-state index contributed by atoms with van der Waals surface area (Å²) in [5.74, 6) is 2.16. The summed E-state index contributed by atoms with van der Waals surface area (Å²) in [6.07, 6.45) is 1.89. The summed E-state index contributed by atoms with van der Waals surface area (Å²) in [6, 6.07) is 3.80. The van der Waals surface area contributed by atoms with Crippen LogP contribution >= 0.6 is 11.8 Å². The number of carboxylic acid groups (broad SMARTS) is 1. The molecule has 1 aromatic heterocycles. The van der Waals surface area contributed by atoms with Crippen molar-refractivity contribution in [3.63, 3.8) is 0 Å². The van der Waals surface area contributed by atoms with Gasteiger partial charge in [-0.15, -0.1) is 0 Å². The van der Waals surface area contributed by atoms with Gasteiger partial charge in [0.2, 0.25) is 0 Å². The van der Waals surface area contributed by atoms with Gasteiger partial charge < -0.3 is 10.0 Å². The quantitative estimate of drug-likeness (QED) is 0.906. The Kier molecular flexibility index (Phi) is 4.11. The van der Waals surface area contributed by atoms with Crippen molar-refractivity contribution in [2.75, 3.05) is 23.5 Å². The highest BCUT2D eigenvalue weighted by Gasteiger charge is 2.22. The first kappa shape index (κ1) is 13.2. The molecule has 1 fully saturated rings. The number of thioether (sulfide) groups is 1. The van der Waals surface area contributed by atoms with Crippen LogP contribution in [0.25, 0.3) is 0 Å². The molecule has 0 aromatic carbocycles. The standard InChI is InChI=1S/C13H18N2O2S/c1-3-10-6-9(13(16)17)7-12(14-10)15(2)11-4-5-18-8-11/h6-7,11H,3-5,8H2,1-2H3,(H,16,17). The minimum Gasteiger partial charge on any atom is -0.478 e. The van der Waals surface area contributed by atoms with Crippen LogP contribution in [0.5, 0.6) is 0 Å². The molecule has 1 aliphatic rings. The van der Waals surface area contributed by atoms with Crippen molar-refractivity contribution in [1.29, 1.82) is 0 Å². The van der Waals surface area contributed by atoms with Gasteiger partial charge in [0.1, 0.15) is 5.82 Å². The molecule has 0 aliphatic carbocycles. The molecule has 1 N–H and O–H groups in total. The van der Waals surface area contributed by atoms with Crippen LogP contribution in [0.3, 0.4) is 0 Å². The first-order chi connectivity index (χ1) is 8.61. The second-order valence-electron chi connectivity index (χ2n) is 4.49. The van der Waals surface area contributed by atoms with E-state index in [0.717, 1.165) is 30.1 Å². The lowest BCUT2D eigenvalue weighted by molar-refractivity contribution is 0.0696. The van der Waals surface area contributed by atoms with Crippen LogP contribution in [0, 0.1) is 0 Å². The van der Waals surface area contributed by atoms with Crippen LogP contribution in [0.2, 0.25) is 0 Å². The monoisotopic (exact) mass is 266 g/mol. The lowest BCUT2D eigenvalue weighted by Gasteiger charge is -2.25. The van der Waals surface area contributed by atoms with Gasteiger partial charge in [-0.1, -0.05) is 6.92 Å². The van der Waals surface area contributed by atoms with E-state index in [1.54, 1.807) is 12.1 Å². The highest BCUT2D eigenvalue weighted by atomic mass is 32.2. The molecule has 0 saturated carbocycles. The van der Waals surface area contributed by atoms with Gasteiger partial charge in [0, 0.05) is 24.5 Å². The number of nitrogens with zero attached hydrogens (tertiary/aromatic N) is 2. The Morgan fingerprint density at radius 2 is 2.39 bits per heavy atom. The fourth-order valence-corrected chi connectivity index (χ4v) is 3.34. The van der Waals surface area contributed by atoms with Crippen molar-refractivity contribution in [2.24, 2.45) is 0 Å². The zero-order valence-electron chi connectivity index (χ0n) is 10.7. The molecule has 1 saturated heterocycles. The van der Waals surface area contributed by atoms with Gasteiger partial charge in [-0.25, -0.2) is 9.78 Å². The maximum atomic E-state index is 11.1. The van der Waals surface area contributed by atoms with Crippen LogP contribution in [0.4, 0.5) is 5.82 Å². The maximum Gasteiger partial charge on any atom is 0.335 e. The third kappa shape index (κ3) is 2.77. The molecule has 18 heavy (non-hydrogen) atoms. The van der Waals surface area contributed by atoms with Crippen molar-refractivity contribution in [3.05, 3.63) is 23.4 Å². The summed E-state index contributed by atoms with van der Waals surface area (Å²) >= 11 is 1.94. The largest absolute Gasteiger partial charge is 0.478 e. The number of pyridine rings is 1. The molecule has 2 heterocycles. The van der Waals surface area contributed by atoms with Crippen molar-refractivity contribution < 1.29 is 9.90 Å². The van der Waals surface area contributed by atoms with Gasteiger partial charge >= 0.3 is 5.97 Å². The molecule has 98 valence electrons. The predicted octanol–water partition coefficient (Wildman–Crippen LogP) is 2.28. The van der Waals surface area contributed by atoms with Crippen LogP contribution in [0.1, 0.15) is 29.4 Å². The van der Waals surface area contributed by atoms with Gasteiger partial charge in [0.05, 0.1) is 5.56 Å². The SMILES string of the molecule is CCc1cc(C(=O)O)cc(N(C)C2CCSC2)n1. The molecule has 1 aromatic rings. The highest BCUT2D eigenvalue weighted by Crippen LogP contribution is 2.25. The van der Waals surface area contributed by atoms with Gasteiger partial charge in [0.15, 0.2) is 0 Å². The van der Waals surface area contributed by atoms with E-state index in [0.29, 0.717) is 11.6 Å². The highest BCUT2D eigenvalue weighted by molar-refractivity contribution is 7.99.